The lowest BCUT2D eigenvalue weighted by atomic mass is 10.1. The Kier molecular flexibility index (Phi) is 3.90. The van der Waals surface area contributed by atoms with Crippen LogP contribution in [0.5, 0.6) is 0 Å². The minimum atomic E-state index is -0.291. The number of amides is 1. The Morgan fingerprint density at radius 1 is 1.52 bits per heavy atom. The van der Waals surface area contributed by atoms with Crippen LogP contribution in [-0.4, -0.2) is 48.1 Å². The molecule has 0 spiro atoms. The van der Waals surface area contributed by atoms with Gasteiger partial charge in [-0.15, -0.1) is 0 Å². The van der Waals surface area contributed by atoms with E-state index in [1.807, 2.05) is 0 Å². The van der Waals surface area contributed by atoms with E-state index in [-0.39, 0.29) is 17.8 Å². The summed E-state index contributed by atoms with van der Waals surface area (Å²) in [5.41, 5.74) is 7.18. The van der Waals surface area contributed by atoms with Gasteiger partial charge in [0.05, 0.1) is 19.1 Å². The van der Waals surface area contributed by atoms with Gasteiger partial charge in [-0.05, 0) is 23.8 Å². The zero-order valence-electron chi connectivity index (χ0n) is 11.6. The summed E-state index contributed by atoms with van der Waals surface area (Å²) in [6, 6.07) is 4.54. The second-order valence-corrected chi connectivity index (χ2v) is 5.25. The monoisotopic (exact) mass is 291 g/mol. The van der Waals surface area contributed by atoms with Gasteiger partial charge in [-0.2, -0.15) is 0 Å². The molecule has 1 aromatic heterocycles. The van der Waals surface area contributed by atoms with E-state index >= 15 is 0 Å². The van der Waals surface area contributed by atoms with Crippen molar-refractivity contribution in [2.45, 2.75) is 12.5 Å². The first kappa shape index (κ1) is 14.0. The van der Waals surface area contributed by atoms with Crippen molar-refractivity contribution in [3.05, 3.63) is 35.8 Å². The van der Waals surface area contributed by atoms with E-state index in [0.717, 1.165) is 10.9 Å². The summed E-state index contributed by atoms with van der Waals surface area (Å²) in [4.78, 5) is 17.2. The summed E-state index contributed by atoms with van der Waals surface area (Å²) >= 11 is 0. The maximum absolute atomic E-state index is 13.2. The SMILES string of the molecule is NC[C@H]1CN(C(=O)Cc2c[nH]c3cc(F)ccc23)CCO1. The van der Waals surface area contributed by atoms with Crippen LogP contribution < -0.4 is 5.73 Å². The predicted octanol–water partition coefficient (Wildman–Crippen LogP) is 1.04. The molecule has 1 aliphatic rings. The third-order valence-electron chi connectivity index (χ3n) is 3.83. The highest BCUT2D eigenvalue weighted by Gasteiger charge is 2.23. The van der Waals surface area contributed by atoms with E-state index in [0.29, 0.717) is 38.2 Å². The number of benzene rings is 1. The fraction of sp³-hybridized carbons (Fsp3) is 0.400. The Hall–Kier alpha value is -1.92. The number of carbonyl (C=O) groups is 1. The minimum Gasteiger partial charge on any atom is -0.373 e. The van der Waals surface area contributed by atoms with Crippen molar-refractivity contribution in [2.24, 2.45) is 5.73 Å². The van der Waals surface area contributed by atoms with Gasteiger partial charge in [0.15, 0.2) is 0 Å². The molecule has 1 aliphatic heterocycles. The Balaban J connectivity index is 1.74. The topological polar surface area (TPSA) is 71.3 Å². The molecular weight excluding hydrogens is 273 g/mol. The number of nitrogens with one attached hydrogen (secondary N) is 1. The second-order valence-electron chi connectivity index (χ2n) is 5.25. The molecule has 0 saturated carbocycles. The number of morpholine rings is 1. The molecule has 0 aliphatic carbocycles. The molecule has 0 unspecified atom stereocenters. The number of nitrogens with two attached hydrogens (primary N) is 1. The molecule has 1 saturated heterocycles. The molecule has 1 aromatic carbocycles. The van der Waals surface area contributed by atoms with E-state index in [9.17, 15) is 9.18 Å². The average Bonchev–Trinajstić information content (AvgIpc) is 2.89. The first-order valence-corrected chi connectivity index (χ1v) is 7.02. The molecule has 21 heavy (non-hydrogen) atoms. The van der Waals surface area contributed by atoms with Crippen LogP contribution in [0.1, 0.15) is 5.56 Å². The summed E-state index contributed by atoms with van der Waals surface area (Å²) in [6.45, 7) is 2.06. The number of hydrogen-bond donors (Lipinski definition) is 2. The van der Waals surface area contributed by atoms with Crippen LogP contribution >= 0.6 is 0 Å². The smallest absolute Gasteiger partial charge is 0.227 e. The number of ether oxygens (including phenoxy) is 1. The van der Waals surface area contributed by atoms with E-state index < -0.39 is 0 Å². The summed E-state index contributed by atoms with van der Waals surface area (Å²) in [5, 5.41) is 0.883. The van der Waals surface area contributed by atoms with E-state index in [2.05, 4.69) is 4.98 Å². The Morgan fingerprint density at radius 2 is 2.38 bits per heavy atom. The maximum Gasteiger partial charge on any atom is 0.227 e. The number of nitrogens with zero attached hydrogens (tertiary/aromatic N) is 1. The van der Waals surface area contributed by atoms with Crippen LogP contribution in [0.2, 0.25) is 0 Å². The molecular formula is C15H18FN3O2. The first-order valence-electron chi connectivity index (χ1n) is 7.02. The van der Waals surface area contributed by atoms with Gasteiger partial charge in [-0.3, -0.25) is 4.79 Å². The lowest BCUT2D eigenvalue weighted by Crippen LogP contribution is -2.48. The van der Waals surface area contributed by atoms with E-state index in [4.69, 9.17) is 10.5 Å². The third kappa shape index (κ3) is 2.91. The van der Waals surface area contributed by atoms with Crippen LogP contribution in [0.4, 0.5) is 4.39 Å². The number of carbonyl (C=O) groups excluding carboxylic acids is 1. The summed E-state index contributed by atoms with van der Waals surface area (Å²) in [5.74, 6) is -0.247. The van der Waals surface area contributed by atoms with Gasteiger partial charge in [0.25, 0.3) is 0 Å². The third-order valence-corrected chi connectivity index (χ3v) is 3.83. The van der Waals surface area contributed by atoms with Crippen LogP contribution in [0.25, 0.3) is 10.9 Å². The molecule has 1 atom stereocenters. The highest BCUT2D eigenvalue weighted by molar-refractivity contribution is 5.89. The molecule has 0 bridgehead atoms. The van der Waals surface area contributed by atoms with Crippen LogP contribution in [0, 0.1) is 5.82 Å². The minimum absolute atomic E-state index is 0.0435. The number of fused-ring (bicyclic) bond motifs is 1. The number of H-pyrrole nitrogens is 1. The van der Waals surface area contributed by atoms with Gasteiger partial charge in [0.1, 0.15) is 5.82 Å². The Morgan fingerprint density at radius 3 is 3.19 bits per heavy atom. The van der Waals surface area contributed by atoms with Crippen LogP contribution in [0.3, 0.4) is 0 Å². The van der Waals surface area contributed by atoms with Crippen molar-refractivity contribution in [1.82, 2.24) is 9.88 Å². The standard InChI is InChI=1S/C15H18FN3O2/c16-11-1-2-13-10(8-18-14(13)6-11)5-15(20)19-3-4-21-12(7-17)9-19/h1-2,6,8,12,18H,3-5,7,9,17H2/t12-/m0/s1. The zero-order valence-corrected chi connectivity index (χ0v) is 11.6. The quantitative estimate of drug-likeness (QED) is 0.887. The van der Waals surface area contributed by atoms with Gasteiger partial charge in [0.2, 0.25) is 5.91 Å². The number of halogens is 1. The highest BCUT2D eigenvalue weighted by atomic mass is 19.1. The highest BCUT2D eigenvalue weighted by Crippen LogP contribution is 2.20. The lowest BCUT2D eigenvalue weighted by molar-refractivity contribution is -0.137. The maximum atomic E-state index is 13.2. The molecule has 112 valence electrons. The first-order chi connectivity index (χ1) is 10.2. The number of aromatic amines is 1. The van der Waals surface area contributed by atoms with Gasteiger partial charge in [-0.1, -0.05) is 0 Å². The molecule has 6 heteroatoms. The summed E-state index contributed by atoms with van der Waals surface area (Å²) < 4.78 is 18.6. The van der Waals surface area contributed by atoms with Crippen LogP contribution in [-0.2, 0) is 16.0 Å². The second kappa shape index (κ2) is 5.83. The lowest BCUT2D eigenvalue weighted by Gasteiger charge is -2.32. The van der Waals surface area contributed by atoms with E-state index in [1.165, 1.54) is 12.1 Å². The Bertz CT molecular complexity index is 655. The zero-order chi connectivity index (χ0) is 14.8. The predicted molar refractivity (Wildman–Crippen MR) is 77.3 cm³/mol. The number of hydrogen-bond acceptors (Lipinski definition) is 3. The van der Waals surface area contributed by atoms with Gasteiger partial charge < -0.3 is 20.4 Å². The average molecular weight is 291 g/mol. The fourth-order valence-corrected chi connectivity index (χ4v) is 2.67. The molecule has 1 fully saturated rings. The molecule has 5 nitrogen and oxygen atoms in total. The molecule has 3 N–H and O–H groups in total. The number of aromatic nitrogens is 1. The Labute approximate surface area is 121 Å². The molecule has 2 heterocycles. The molecule has 3 rings (SSSR count). The summed E-state index contributed by atoms with van der Waals surface area (Å²) in [7, 11) is 0. The van der Waals surface area contributed by atoms with Crippen molar-refractivity contribution < 1.29 is 13.9 Å². The van der Waals surface area contributed by atoms with Gasteiger partial charge >= 0.3 is 0 Å². The number of rotatable bonds is 3. The van der Waals surface area contributed by atoms with Crippen molar-refractivity contribution in [2.75, 3.05) is 26.2 Å². The summed E-state index contributed by atoms with van der Waals surface area (Å²) in [6.07, 6.45) is 1.98. The van der Waals surface area contributed by atoms with Gasteiger partial charge in [0, 0.05) is 36.7 Å². The van der Waals surface area contributed by atoms with Crippen LogP contribution in [0.15, 0.2) is 24.4 Å². The van der Waals surface area contributed by atoms with E-state index in [1.54, 1.807) is 17.2 Å². The van der Waals surface area contributed by atoms with Crippen molar-refractivity contribution in [3.8, 4) is 0 Å². The van der Waals surface area contributed by atoms with Crippen molar-refractivity contribution in [1.29, 1.82) is 0 Å². The molecule has 1 amide bonds. The molecule has 2 aromatic rings. The molecule has 0 radical (unpaired) electrons. The van der Waals surface area contributed by atoms with Gasteiger partial charge in [-0.25, -0.2) is 4.39 Å². The normalized spacial score (nSPS) is 19.1. The van der Waals surface area contributed by atoms with Crippen molar-refractivity contribution in [3.63, 3.8) is 0 Å². The fourth-order valence-electron chi connectivity index (χ4n) is 2.67. The van der Waals surface area contributed by atoms with Crippen molar-refractivity contribution >= 4 is 16.8 Å². The largest absolute Gasteiger partial charge is 0.373 e.